The number of hydrogen-bond donors (Lipinski definition) is 2. The summed E-state index contributed by atoms with van der Waals surface area (Å²) in [6.07, 6.45) is -1.28. The number of alkyl halides is 3. The lowest BCUT2D eigenvalue weighted by atomic mass is 10.2. The number of amides is 1. The fourth-order valence-electron chi connectivity index (χ4n) is 2.50. The van der Waals surface area contributed by atoms with Crippen LogP contribution in [0.1, 0.15) is 47.1 Å². The molecule has 2 aromatic rings. The van der Waals surface area contributed by atoms with E-state index in [0.717, 1.165) is 12.8 Å². The Morgan fingerprint density at radius 1 is 1.40 bits per heavy atom. The van der Waals surface area contributed by atoms with Crippen molar-refractivity contribution in [2.24, 2.45) is 0 Å². The fraction of sp³-hybridized carbons (Fsp3) is 0.500. The monoisotopic (exact) mass is 395 g/mol. The number of carbonyl (C=O) groups is 1. The van der Waals surface area contributed by atoms with Gasteiger partial charge in [-0.05, 0) is 19.3 Å². The van der Waals surface area contributed by atoms with Gasteiger partial charge in [0.1, 0.15) is 5.69 Å². The number of aromatic nitrogens is 4. The molecular formula is C14H14Cl2F3N5O. The zero-order valence-electron chi connectivity index (χ0n) is 12.8. The van der Waals surface area contributed by atoms with Gasteiger partial charge in [-0.25, -0.2) is 0 Å². The SMILES string of the molecule is O=C(NCCCn1nc(C(F)(F)F)c(Cl)c1C1CC1)c1[nH]ncc1Cl. The van der Waals surface area contributed by atoms with Crippen LogP contribution in [-0.4, -0.2) is 32.4 Å². The van der Waals surface area contributed by atoms with Gasteiger partial charge in [0.2, 0.25) is 0 Å². The van der Waals surface area contributed by atoms with Gasteiger partial charge in [0.25, 0.3) is 5.91 Å². The lowest BCUT2D eigenvalue weighted by Crippen LogP contribution is -2.26. The maximum absolute atomic E-state index is 13.0. The van der Waals surface area contributed by atoms with E-state index in [-0.39, 0.29) is 34.7 Å². The first kappa shape index (κ1) is 18.1. The average molecular weight is 396 g/mol. The molecule has 0 aromatic carbocycles. The number of carbonyl (C=O) groups excluding carboxylic acids is 1. The predicted octanol–water partition coefficient (Wildman–Crippen LogP) is 3.63. The van der Waals surface area contributed by atoms with Crippen LogP contribution in [0.25, 0.3) is 0 Å². The van der Waals surface area contributed by atoms with Crippen LogP contribution in [-0.2, 0) is 12.7 Å². The smallest absolute Gasteiger partial charge is 0.351 e. The number of nitrogens with one attached hydrogen (secondary N) is 2. The maximum atomic E-state index is 13.0. The zero-order chi connectivity index (χ0) is 18.2. The molecule has 2 aromatic heterocycles. The molecule has 1 saturated carbocycles. The van der Waals surface area contributed by atoms with E-state index in [2.05, 4.69) is 20.6 Å². The molecule has 1 aliphatic rings. The summed E-state index contributed by atoms with van der Waals surface area (Å²) in [6, 6.07) is 0. The van der Waals surface area contributed by atoms with Crippen molar-refractivity contribution in [3.63, 3.8) is 0 Å². The van der Waals surface area contributed by atoms with Crippen LogP contribution in [0, 0.1) is 0 Å². The number of rotatable bonds is 6. The Kier molecular flexibility index (Phi) is 4.97. The van der Waals surface area contributed by atoms with E-state index in [1.54, 1.807) is 0 Å². The third-order valence-electron chi connectivity index (χ3n) is 3.82. The molecule has 1 amide bonds. The molecule has 0 aliphatic heterocycles. The first-order chi connectivity index (χ1) is 11.8. The van der Waals surface area contributed by atoms with Crippen LogP contribution in [0.5, 0.6) is 0 Å². The van der Waals surface area contributed by atoms with E-state index in [0.29, 0.717) is 12.1 Å². The van der Waals surface area contributed by atoms with Crippen molar-refractivity contribution in [3.8, 4) is 0 Å². The van der Waals surface area contributed by atoms with Crippen molar-refractivity contribution in [2.75, 3.05) is 6.54 Å². The Balaban J connectivity index is 1.61. The predicted molar refractivity (Wildman–Crippen MR) is 84.8 cm³/mol. The summed E-state index contributed by atoms with van der Waals surface area (Å²) in [5.74, 6) is -0.408. The van der Waals surface area contributed by atoms with Crippen molar-refractivity contribution in [1.82, 2.24) is 25.3 Å². The second-order valence-corrected chi connectivity index (χ2v) is 6.53. The van der Waals surface area contributed by atoms with Crippen LogP contribution in [0.15, 0.2) is 6.20 Å². The van der Waals surface area contributed by atoms with Gasteiger partial charge in [-0.15, -0.1) is 0 Å². The van der Waals surface area contributed by atoms with Gasteiger partial charge in [0.05, 0.1) is 21.9 Å². The third-order valence-corrected chi connectivity index (χ3v) is 4.48. The molecule has 2 heterocycles. The molecule has 136 valence electrons. The maximum Gasteiger partial charge on any atom is 0.436 e. The number of halogens is 5. The highest BCUT2D eigenvalue weighted by molar-refractivity contribution is 6.33. The zero-order valence-corrected chi connectivity index (χ0v) is 14.3. The van der Waals surface area contributed by atoms with Crippen molar-refractivity contribution in [3.05, 3.63) is 33.3 Å². The molecule has 0 bridgehead atoms. The molecule has 25 heavy (non-hydrogen) atoms. The van der Waals surface area contributed by atoms with Crippen LogP contribution in [0.2, 0.25) is 10.0 Å². The molecule has 0 radical (unpaired) electrons. The minimum absolute atomic E-state index is 0.0227. The standard InChI is InChI=1S/C14H14Cl2F3N5O/c15-8-6-21-22-10(8)13(25)20-4-1-5-24-11(7-2-3-7)9(16)12(23-24)14(17,18)19/h6-7H,1-5H2,(H,20,25)(H,21,22). The third kappa shape index (κ3) is 3.92. The first-order valence-electron chi connectivity index (χ1n) is 7.59. The fourth-order valence-corrected chi connectivity index (χ4v) is 3.07. The lowest BCUT2D eigenvalue weighted by molar-refractivity contribution is -0.141. The van der Waals surface area contributed by atoms with E-state index in [9.17, 15) is 18.0 Å². The van der Waals surface area contributed by atoms with Crippen LogP contribution < -0.4 is 5.32 Å². The summed E-state index contributed by atoms with van der Waals surface area (Å²) < 4.78 is 40.2. The second-order valence-electron chi connectivity index (χ2n) is 5.75. The van der Waals surface area contributed by atoms with E-state index < -0.39 is 17.8 Å². The van der Waals surface area contributed by atoms with Gasteiger partial charge < -0.3 is 5.32 Å². The topological polar surface area (TPSA) is 75.6 Å². The number of aromatic amines is 1. The minimum Gasteiger partial charge on any atom is -0.351 e. The number of aryl methyl sites for hydroxylation is 1. The normalized spacial score (nSPS) is 14.8. The highest BCUT2D eigenvalue weighted by atomic mass is 35.5. The Bertz CT molecular complexity index is 782. The van der Waals surface area contributed by atoms with Crippen LogP contribution >= 0.6 is 23.2 Å². The van der Waals surface area contributed by atoms with Crippen molar-refractivity contribution >= 4 is 29.1 Å². The van der Waals surface area contributed by atoms with Gasteiger partial charge in [-0.2, -0.15) is 23.4 Å². The Morgan fingerprint density at radius 2 is 2.12 bits per heavy atom. The van der Waals surface area contributed by atoms with E-state index in [1.807, 2.05) is 0 Å². The first-order valence-corrected chi connectivity index (χ1v) is 8.35. The number of nitrogens with zero attached hydrogens (tertiary/aromatic N) is 3. The molecule has 0 saturated heterocycles. The summed E-state index contributed by atoms with van der Waals surface area (Å²) in [5.41, 5.74) is -0.483. The molecule has 0 unspecified atom stereocenters. The quantitative estimate of drug-likeness (QED) is 0.733. The van der Waals surface area contributed by atoms with Gasteiger partial charge in [-0.3, -0.25) is 14.6 Å². The van der Waals surface area contributed by atoms with Crippen LogP contribution in [0.3, 0.4) is 0 Å². The minimum atomic E-state index is -4.59. The van der Waals surface area contributed by atoms with Crippen LogP contribution in [0.4, 0.5) is 13.2 Å². The van der Waals surface area contributed by atoms with Crippen molar-refractivity contribution in [2.45, 2.75) is 37.9 Å². The molecular weight excluding hydrogens is 382 g/mol. The Hall–Kier alpha value is -1.74. The van der Waals surface area contributed by atoms with Gasteiger partial charge in [-0.1, -0.05) is 23.2 Å². The number of H-pyrrole nitrogens is 1. The summed E-state index contributed by atoms with van der Waals surface area (Å²) in [6.45, 7) is 0.468. The van der Waals surface area contributed by atoms with Gasteiger partial charge in [0, 0.05) is 19.0 Å². The molecule has 2 N–H and O–H groups in total. The van der Waals surface area contributed by atoms with E-state index in [4.69, 9.17) is 23.2 Å². The van der Waals surface area contributed by atoms with Crippen molar-refractivity contribution in [1.29, 1.82) is 0 Å². The summed E-state index contributed by atoms with van der Waals surface area (Å²) in [5, 5.41) is 12.2. The van der Waals surface area contributed by atoms with E-state index in [1.165, 1.54) is 10.9 Å². The second kappa shape index (κ2) is 6.87. The summed E-state index contributed by atoms with van der Waals surface area (Å²) >= 11 is 11.7. The Morgan fingerprint density at radius 3 is 2.68 bits per heavy atom. The van der Waals surface area contributed by atoms with Gasteiger partial charge in [0.15, 0.2) is 5.69 Å². The molecule has 0 atom stereocenters. The highest BCUT2D eigenvalue weighted by Crippen LogP contribution is 2.46. The lowest BCUT2D eigenvalue weighted by Gasteiger charge is -2.08. The molecule has 1 fully saturated rings. The highest BCUT2D eigenvalue weighted by Gasteiger charge is 2.41. The Labute approximate surface area is 150 Å². The molecule has 0 spiro atoms. The number of hydrogen-bond acceptors (Lipinski definition) is 3. The largest absolute Gasteiger partial charge is 0.436 e. The molecule has 1 aliphatic carbocycles. The molecule has 6 nitrogen and oxygen atoms in total. The molecule has 3 rings (SSSR count). The van der Waals surface area contributed by atoms with Crippen molar-refractivity contribution < 1.29 is 18.0 Å². The van der Waals surface area contributed by atoms with Gasteiger partial charge >= 0.3 is 6.18 Å². The average Bonchev–Trinajstić information content (AvgIpc) is 3.17. The summed E-state index contributed by atoms with van der Waals surface area (Å²) in [7, 11) is 0. The van der Waals surface area contributed by atoms with E-state index >= 15 is 0 Å². The summed E-state index contributed by atoms with van der Waals surface area (Å²) in [4.78, 5) is 11.9. The molecule has 11 heteroatoms.